The van der Waals surface area contributed by atoms with E-state index in [1.54, 1.807) is 11.8 Å². The van der Waals surface area contributed by atoms with Crippen molar-refractivity contribution in [1.82, 2.24) is 5.48 Å². The fourth-order valence-corrected chi connectivity index (χ4v) is 5.74. The van der Waals surface area contributed by atoms with Crippen LogP contribution >= 0.6 is 11.8 Å². The number of thioether (sulfide) groups is 1. The van der Waals surface area contributed by atoms with Gasteiger partial charge in [0.2, 0.25) is 0 Å². The summed E-state index contributed by atoms with van der Waals surface area (Å²) < 4.78 is 6.41. The Hall–Kier alpha value is -0.373. The first-order chi connectivity index (χ1) is 10.8. The van der Waals surface area contributed by atoms with Crippen LogP contribution < -0.4 is 5.48 Å². The number of hydrogen-bond acceptors (Lipinski definition) is 6. The van der Waals surface area contributed by atoms with E-state index in [4.69, 9.17) is 9.26 Å². The molecule has 1 N–H and O–H groups in total. The van der Waals surface area contributed by atoms with Crippen LogP contribution in [0.5, 0.6) is 0 Å². The Balaban J connectivity index is 1.92. The van der Waals surface area contributed by atoms with Crippen molar-refractivity contribution in [3.05, 3.63) is 0 Å². The molecule has 0 radical (unpaired) electrons. The maximum absolute atomic E-state index is 12.5. The normalized spacial score (nSPS) is 31.1. The maximum atomic E-state index is 12.5. The zero-order chi connectivity index (χ0) is 17.1. The molecule has 0 aromatic heterocycles. The second kappa shape index (κ2) is 7.67. The van der Waals surface area contributed by atoms with Crippen molar-refractivity contribution >= 4 is 32.3 Å². The molecular formula is C16H29NO4SSi. The van der Waals surface area contributed by atoms with Gasteiger partial charge in [-0.2, -0.15) is 11.8 Å². The summed E-state index contributed by atoms with van der Waals surface area (Å²) in [5.41, 5.74) is 2.35. The van der Waals surface area contributed by atoms with E-state index in [1.807, 2.05) is 6.26 Å². The Morgan fingerprint density at radius 3 is 2.78 bits per heavy atom. The maximum Gasteiger partial charge on any atom is 0.331 e. The number of carbonyl (C=O) groups is 2. The van der Waals surface area contributed by atoms with Crippen LogP contribution in [-0.2, 0) is 18.9 Å². The van der Waals surface area contributed by atoms with Crippen molar-refractivity contribution in [1.29, 1.82) is 0 Å². The molecule has 23 heavy (non-hydrogen) atoms. The summed E-state index contributed by atoms with van der Waals surface area (Å²) in [4.78, 5) is 28.8. The van der Waals surface area contributed by atoms with Crippen molar-refractivity contribution in [3.8, 4) is 0 Å². The molecule has 0 bridgehead atoms. The van der Waals surface area contributed by atoms with Crippen LogP contribution in [0.4, 0.5) is 0 Å². The van der Waals surface area contributed by atoms with E-state index in [2.05, 4.69) is 25.1 Å². The number of rotatable bonds is 9. The molecule has 0 spiro atoms. The van der Waals surface area contributed by atoms with Gasteiger partial charge >= 0.3 is 5.97 Å². The highest BCUT2D eigenvalue weighted by molar-refractivity contribution is 7.98. The Labute approximate surface area is 144 Å². The smallest absolute Gasteiger partial charge is 0.331 e. The minimum absolute atomic E-state index is 0.169. The molecule has 0 aromatic rings. The van der Waals surface area contributed by atoms with Gasteiger partial charge in [0.05, 0.1) is 17.6 Å². The van der Waals surface area contributed by atoms with Crippen molar-refractivity contribution in [2.75, 3.05) is 12.0 Å². The number of fused-ring (bicyclic) bond motifs is 1. The minimum atomic E-state index is -1.72. The quantitative estimate of drug-likeness (QED) is 0.388. The highest BCUT2D eigenvalue weighted by Crippen LogP contribution is 2.62. The lowest BCUT2D eigenvalue weighted by atomic mass is 9.98. The van der Waals surface area contributed by atoms with Gasteiger partial charge in [0.15, 0.2) is 8.32 Å². The molecule has 2 rings (SSSR count). The average Bonchev–Trinajstić information content (AvgIpc) is 3.12. The van der Waals surface area contributed by atoms with Gasteiger partial charge in [-0.15, -0.1) is 5.48 Å². The van der Waals surface area contributed by atoms with Gasteiger partial charge in [-0.1, -0.05) is 12.8 Å². The summed E-state index contributed by atoms with van der Waals surface area (Å²) in [6, 6.07) is -0.430. The first-order valence-electron chi connectivity index (χ1n) is 8.44. The lowest BCUT2D eigenvalue weighted by Crippen LogP contribution is -2.39. The number of aldehydes is 1. The zero-order valence-corrected chi connectivity index (χ0v) is 16.4. The van der Waals surface area contributed by atoms with Crippen LogP contribution in [0.15, 0.2) is 0 Å². The predicted octanol–water partition coefficient (Wildman–Crippen LogP) is 2.77. The van der Waals surface area contributed by atoms with E-state index in [0.717, 1.165) is 37.7 Å². The second-order valence-corrected chi connectivity index (χ2v) is 13.0. The second-order valence-electron chi connectivity index (χ2n) is 7.56. The molecule has 7 heteroatoms. The molecule has 2 fully saturated rings. The standard InChI is InChI=1S/C16H29NO4SSi/c1-22-10-8-12(11-18)17-20-15(19)14-13-7-5-6-9-16(13,14)21-23(2,3)4/h11-14,17H,5-10H2,1-4H3/t12-,13?,14?,16?/m1/s1. The van der Waals surface area contributed by atoms with Gasteiger partial charge in [-0.3, -0.25) is 0 Å². The Bertz CT molecular complexity index is 442. The SMILES string of the molecule is CSCC[C@H](C=O)NOC(=O)C1C2CCCCC21O[Si](C)(C)C. The summed E-state index contributed by atoms with van der Waals surface area (Å²) >= 11 is 1.67. The number of nitrogens with one attached hydrogen (secondary N) is 1. The topological polar surface area (TPSA) is 64.6 Å². The van der Waals surface area contributed by atoms with Crippen molar-refractivity contribution in [2.24, 2.45) is 11.8 Å². The summed E-state index contributed by atoms with van der Waals surface area (Å²) in [6.45, 7) is 6.49. The molecule has 0 heterocycles. The molecule has 5 nitrogen and oxygen atoms in total. The van der Waals surface area contributed by atoms with Gasteiger partial charge in [0.25, 0.3) is 0 Å². The average molecular weight is 360 g/mol. The third-order valence-corrected chi connectivity index (χ3v) is 6.27. The van der Waals surface area contributed by atoms with Crippen LogP contribution in [0.25, 0.3) is 0 Å². The Morgan fingerprint density at radius 1 is 1.43 bits per heavy atom. The predicted molar refractivity (Wildman–Crippen MR) is 94.7 cm³/mol. The van der Waals surface area contributed by atoms with E-state index in [-0.39, 0.29) is 23.4 Å². The molecule has 2 aliphatic rings. The lowest BCUT2D eigenvalue weighted by molar-refractivity contribution is -0.156. The molecule has 0 amide bonds. The summed E-state index contributed by atoms with van der Waals surface area (Å²) in [5.74, 6) is 0.712. The largest absolute Gasteiger partial charge is 0.411 e. The minimum Gasteiger partial charge on any atom is -0.411 e. The highest BCUT2D eigenvalue weighted by atomic mass is 32.2. The summed E-state index contributed by atoms with van der Waals surface area (Å²) in [5, 5.41) is 0. The Kier molecular flexibility index (Phi) is 6.33. The molecular weight excluding hydrogens is 330 g/mol. The molecule has 132 valence electrons. The van der Waals surface area contributed by atoms with Crippen molar-refractivity contribution in [3.63, 3.8) is 0 Å². The van der Waals surface area contributed by atoms with Crippen molar-refractivity contribution in [2.45, 2.75) is 63.4 Å². The van der Waals surface area contributed by atoms with Gasteiger partial charge in [-0.25, -0.2) is 4.79 Å². The monoisotopic (exact) mass is 359 g/mol. The van der Waals surface area contributed by atoms with Crippen molar-refractivity contribution < 1.29 is 18.9 Å². The molecule has 0 saturated heterocycles. The van der Waals surface area contributed by atoms with E-state index < -0.39 is 14.4 Å². The van der Waals surface area contributed by atoms with Crippen LogP contribution in [0.1, 0.15) is 32.1 Å². The van der Waals surface area contributed by atoms with Crippen LogP contribution in [0, 0.1) is 11.8 Å². The Morgan fingerprint density at radius 2 is 2.17 bits per heavy atom. The van der Waals surface area contributed by atoms with Gasteiger partial charge in [0, 0.05) is 5.92 Å². The van der Waals surface area contributed by atoms with Crippen LogP contribution in [0.2, 0.25) is 19.6 Å². The van der Waals surface area contributed by atoms with E-state index >= 15 is 0 Å². The van der Waals surface area contributed by atoms with Crippen LogP contribution in [0.3, 0.4) is 0 Å². The van der Waals surface area contributed by atoms with Crippen LogP contribution in [-0.4, -0.2) is 44.2 Å². The van der Waals surface area contributed by atoms with Gasteiger partial charge < -0.3 is 14.1 Å². The zero-order valence-electron chi connectivity index (χ0n) is 14.6. The van der Waals surface area contributed by atoms with E-state index in [0.29, 0.717) is 6.42 Å². The lowest BCUT2D eigenvalue weighted by Gasteiger charge is -2.30. The number of hydroxylamine groups is 1. The van der Waals surface area contributed by atoms with E-state index in [9.17, 15) is 9.59 Å². The first-order valence-corrected chi connectivity index (χ1v) is 13.2. The number of carbonyl (C=O) groups excluding carboxylic acids is 2. The molecule has 4 atom stereocenters. The highest BCUT2D eigenvalue weighted by Gasteiger charge is 2.71. The number of hydrogen-bond donors (Lipinski definition) is 1. The summed E-state index contributed by atoms with van der Waals surface area (Å²) in [6.07, 6.45) is 7.70. The third-order valence-electron chi connectivity index (χ3n) is 4.64. The van der Waals surface area contributed by atoms with Gasteiger partial charge in [0.1, 0.15) is 6.29 Å². The fraction of sp³-hybridized carbons (Fsp3) is 0.875. The first kappa shape index (κ1) is 19.0. The third kappa shape index (κ3) is 4.58. The fourth-order valence-electron chi connectivity index (χ4n) is 3.73. The summed E-state index contributed by atoms with van der Waals surface area (Å²) in [7, 11) is -1.72. The van der Waals surface area contributed by atoms with E-state index in [1.165, 1.54) is 0 Å². The molecule has 0 aromatic carbocycles. The van der Waals surface area contributed by atoms with Gasteiger partial charge in [-0.05, 0) is 50.9 Å². The molecule has 0 aliphatic heterocycles. The molecule has 3 unspecified atom stereocenters. The molecule has 2 aliphatic carbocycles. The molecule has 2 saturated carbocycles.